The van der Waals surface area contributed by atoms with E-state index in [-0.39, 0.29) is 12.1 Å². The van der Waals surface area contributed by atoms with Gasteiger partial charge in [-0.3, -0.25) is 15.0 Å². The Morgan fingerprint density at radius 2 is 1.87 bits per heavy atom. The van der Waals surface area contributed by atoms with Crippen molar-refractivity contribution in [3.63, 3.8) is 0 Å². The Morgan fingerprint density at radius 1 is 1.09 bits per heavy atom. The van der Waals surface area contributed by atoms with Crippen LogP contribution in [0.3, 0.4) is 0 Å². The van der Waals surface area contributed by atoms with Gasteiger partial charge in [-0.25, -0.2) is 10.2 Å². The van der Waals surface area contributed by atoms with E-state index in [1.165, 1.54) is 0 Å². The van der Waals surface area contributed by atoms with E-state index in [1.54, 1.807) is 0 Å². The van der Waals surface area contributed by atoms with Crippen molar-refractivity contribution < 1.29 is 19.1 Å². The fourth-order valence-corrected chi connectivity index (χ4v) is 2.27. The SMILES string of the molecule is O=C(NC[C@H]1Cc2ccccc2O1)NNC(=O)C(=O)NC1CC1. The number of ether oxygens (including phenoxy) is 1. The molecule has 1 aromatic rings. The minimum atomic E-state index is -0.892. The number of carbonyl (C=O) groups is 3. The van der Waals surface area contributed by atoms with E-state index in [2.05, 4.69) is 21.5 Å². The summed E-state index contributed by atoms with van der Waals surface area (Å²) in [7, 11) is 0. The summed E-state index contributed by atoms with van der Waals surface area (Å²) in [4.78, 5) is 34.4. The zero-order valence-electron chi connectivity index (χ0n) is 12.4. The predicted octanol–water partition coefficient (Wildman–Crippen LogP) is -0.401. The third-order valence-electron chi connectivity index (χ3n) is 3.61. The molecule has 4 amide bonds. The first-order chi connectivity index (χ1) is 11.1. The topological polar surface area (TPSA) is 109 Å². The summed E-state index contributed by atoms with van der Waals surface area (Å²) in [5, 5.41) is 5.11. The lowest BCUT2D eigenvalue weighted by atomic mass is 10.1. The largest absolute Gasteiger partial charge is 0.488 e. The molecule has 8 heteroatoms. The lowest BCUT2D eigenvalue weighted by molar-refractivity contribution is -0.139. The van der Waals surface area contributed by atoms with Gasteiger partial charge in [0.2, 0.25) is 0 Å². The van der Waals surface area contributed by atoms with Crippen molar-refractivity contribution >= 4 is 17.8 Å². The van der Waals surface area contributed by atoms with Crippen molar-refractivity contribution in [2.24, 2.45) is 0 Å². The van der Waals surface area contributed by atoms with Crippen LogP contribution in [0.15, 0.2) is 24.3 Å². The van der Waals surface area contributed by atoms with Crippen molar-refractivity contribution in [3.05, 3.63) is 29.8 Å². The summed E-state index contributed by atoms with van der Waals surface area (Å²) in [6.45, 7) is 0.296. The normalized spacial score (nSPS) is 18.3. The molecule has 0 bridgehead atoms. The average Bonchev–Trinajstić information content (AvgIpc) is 3.26. The van der Waals surface area contributed by atoms with Gasteiger partial charge in [-0.05, 0) is 24.5 Å². The molecular weight excluding hydrogens is 300 g/mol. The summed E-state index contributed by atoms with van der Waals surface area (Å²) < 4.78 is 5.68. The molecule has 1 fully saturated rings. The minimum absolute atomic E-state index is 0.0863. The summed E-state index contributed by atoms with van der Waals surface area (Å²) in [5.41, 5.74) is 5.29. The number of para-hydroxylation sites is 1. The summed E-state index contributed by atoms with van der Waals surface area (Å²) in [6.07, 6.45) is 2.34. The number of hydrogen-bond acceptors (Lipinski definition) is 4. The van der Waals surface area contributed by atoms with Crippen LogP contribution >= 0.6 is 0 Å². The molecule has 1 aliphatic heterocycles. The highest BCUT2D eigenvalue weighted by Crippen LogP contribution is 2.27. The van der Waals surface area contributed by atoms with Crippen LogP contribution in [0.25, 0.3) is 0 Å². The molecule has 1 aromatic carbocycles. The molecule has 1 saturated carbocycles. The van der Waals surface area contributed by atoms with Crippen LogP contribution < -0.4 is 26.2 Å². The molecule has 0 saturated heterocycles. The molecule has 1 aliphatic carbocycles. The molecule has 0 radical (unpaired) electrons. The molecule has 0 unspecified atom stereocenters. The summed E-state index contributed by atoms with van der Waals surface area (Å²) in [6, 6.07) is 7.18. The minimum Gasteiger partial charge on any atom is -0.488 e. The third-order valence-corrected chi connectivity index (χ3v) is 3.61. The Kier molecular flexibility index (Phi) is 4.31. The summed E-state index contributed by atoms with van der Waals surface area (Å²) >= 11 is 0. The second kappa shape index (κ2) is 6.55. The van der Waals surface area contributed by atoms with Gasteiger partial charge in [-0.15, -0.1) is 0 Å². The Bertz CT molecular complexity index is 605. The van der Waals surface area contributed by atoms with Crippen molar-refractivity contribution in [3.8, 4) is 5.75 Å². The second-order valence-corrected chi connectivity index (χ2v) is 5.59. The van der Waals surface area contributed by atoms with Gasteiger partial charge >= 0.3 is 17.8 Å². The van der Waals surface area contributed by atoms with Gasteiger partial charge < -0.3 is 15.4 Å². The van der Waals surface area contributed by atoms with Crippen molar-refractivity contribution in [2.75, 3.05) is 6.54 Å². The zero-order chi connectivity index (χ0) is 16.2. The highest BCUT2D eigenvalue weighted by Gasteiger charge is 2.26. The van der Waals surface area contributed by atoms with Gasteiger partial charge in [0.25, 0.3) is 0 Å². The molecule has 8 nitrogen and oxygen atoms in total. The fourth-order valence-electron chi connectivity index (χ4n) is 2.27. The molecule has 2 aliphatic rings. The van der Waals surface area contributed by atoms with Crippen molar-refractivity contribution in [2.45, 2.75) is 31.4 Å². The van der Waals surface area contributed by atoms with Crippen LogP contribution in [0.4, 0.5) is 4.79 Å². The standard InChI is InChI=1S/C15H18N4O4/c20-13(17-10-5-6-10)14(21)18-19-15(22)16-8-11-7-9-3-1-2-4-12(9)23-11/h1-4,10-11H,5-8H2,(H,17,20)(H,18,21)(H2,16,19,22)/t11-/m1/s1. The molecule has 0 aromatic heterocycles. The van der Waals surface area contributed by atoms with E-state index in [0.717, 1.165) is 24.2 Å². The van der Waals surface area contributed by atoms with E-state index in [4.69, 9.17) is 4.74 Å². The van der Waals surface area contributed by atoms with Crippen LogP contribution in [-0.2, 0) is 16.0 Å². The van der Waals surface area contributed by atoms with Gasteiger partial charge in [0.1, 0.15) is 11.9 Å². The van der Waals surface area contributed by atoms with Gasteiger partial charge in [0.15, 0.2) is 0 Å². The number of carbonyl (C=O) groups excluding carboxylic acids is 3. The number of hydrogen-bond donors (Lipinski definition) is 4. The molecule has 3 rings (SSSR count). The number of benzene rings is 1. The van der Waals surface area contributed by atoms with Crippen molar-refractivity contribution in [1.29, 1.82) is 0 Å². The van der Waals surface area contributed by atoms with Gasteiger partial charge in [0.05, 0.1) is 6.54 Å². The summed E-state index contributed by atoms with van der Waals surface area (Å²) in [5.74, 6) is -0.816. The molecule has 1 heterocycles. The maximum atomic E-state index is 11.6. The average molecular weight is 318 g/mol. The van der Waals surface area contributed by atoms with Gasteiger partial charge in [-0.2, -0.15) is 0 Å². The first-order valence-corrected chi connectivity index (χ1v) is 7.51. The van der Waals surface area contributed by atoms with E-state index >= 15 is 0 Å². The third kappa shape index (κ3) is 4.12. The van der Waals surface area contributed by atoms with Crippen LogP contribution in [-0.4, -0.2) is 36.5 Å². The Morgan fingerprint density at radius 3 is 2.61 bits per heavy atom. The molecule has 4 N–H and O–H groups in total. The second-order valence-electron chi connectivity index (χ2n) is 5.59. The smallest absolute Gasteiger partial charge is 0.333 e. The lowest BCUT2D eigenvalue weighted by Gasteiger charge is -2.13. The Hall–Kier alpha value is -2.77. The monoisotopic (exact) mass is 318 g/mol. The van der Waals surface area contributed by atoms with Crippen LogP contribution in [0.5, 0.6) is 5.75 Å². The first-order valence-electron chi connectivity index (χ1n) is 7.51. The van der Waals surface area contributed by atoms with E-state index in [9.17, 15) is 14.4 Å². The van der Waals surface area contributed by atoms with Crippen LogP contribution in [0.2, 0.25) is 0 Å². The number of urea groups is 1. The highest BCUT2D eigenvalue weighted by atomic mass is 16.5. The molecule has 0 spiro atoms. The van der Waals surface area contributed by atoms with Crippen molar-refractivity contribution in [1.82, 2.24) is 21.5 Å². The maximum Gasteiger partial charge on any atom is 0.333 e. The Labute approximate surface area is 132 Å². The fraction of sp³-hybridized carbons (Fsp3) is 0.400. The van der Waals surface area contributed by atoms with Gasteiger partial charge in [0, 0.05) is 12.5 Å². The van der Waals surface area contributed by atoms with E-state index in [1.807, 2.05) is 24.3 Å². The number of amides is 4. The quantitative estimate of drug-likeness (QED) is 0.449. The maximum absolute atomic E-state index is 11.6. The predicted molar refractivity (Wildman–Crippen MR) is 80.4 cm³/mol. The zero-order valence-corrected chi connectivity index (χ0v) is 12.4. The molecule has 1 atom stereocenters. The Balaban J connectivity index is 1.34. The van der Waals surface area contributed by atoms with E-state index in [0.29, 0.717) is 13.0 Å². The number of hydrazine groups is 1. The van der Waals surface area contributed by atoms with E-state index < -0.39 is 17.8 Å². The van der Waals surface area contributed by atoms with Crippen LogP contribution in [0.1, 0.15) is 18.4 Å². The first kappa shape index (κ1) is 15.1. The molecule has 122 valence electrons. The van der Waals surface area contributed by atoms with Crippen LogP contribution in [0, 0.1) is 0 Å². The number of rotatable bonds is 3. The molecule has 23 heavy (non-hydrogen) atoms. The molecular formula is C15H18N4O4. The highest BCUT2D eigenvalue weighted by molar-refractivity contribution is 6.35. The number of nitrogens with one attached hydrogen (secondary N) is 4. The lowest BCUT2D eigenvalue weighted by Crippen LogP contribution is -2.52. The van der Waals surface area contributed by atoms with Gasteiger partial charge in [-0.1, -0.05) is 18.2 Å². The number of fused-ring (bicyclic) bond motifs is 1.